The van der Waals surface area contributed by atoms with Gasteiger partial charge in [0.25, 0.3) is 0 Å². The zero-order valence-corrected chi connectivity index (χ0v) is 9.43. The zero-order chi connectivity index (χ0) is 9.47. The molecule has 1 fully saturated rings. The third-order valence-electron chi connectivity index (χ3n) is 2.56. The Balaban J connectivity index is 2.03. The summed E-state index contributed by atoms with van der Waals surface area (Å²) in [4.78, 5) is 4.24. The van der Waals surface area contributed by atoms with Gasteiger partial charge in [-0.1, -0.05) is 29.8 Å². The molecule has 0 bridgehead atoms. The molecule has 13 heavy (non-hydrogen) atoms. The van der Waals surface area contributed by atoms with Crippen molar-refractivity contribution in [1.29, 1.82) is 0 Å². The van der Waals surface area contributed by atoms with Crippen LogP contribution in [0.15, 0.2) is 22.8 Å². The summed E-state index contributed by atoms with van der Waals surface area (Å²) in [6.45, 7) is 4.53. The van der Waals surface area contributed by atoms with E-state index < -0.39 is 0 Å². The van der Waals surface area contributed by atoms with Crippen molar-refractivity contribution in [2.24, 2.45) is 5.41 Å². The molecule has 1 atom stereocenters. The quantitative estimate of drug-likeness (QED) is 0.860. The summed E-state index contributed by atoms with van der Waals surface area (Å²) >= 11 is 3.42. The molecule has 70 valence electrons. The van der Waals surface area contributed by atoms with Crippen LogP contribution in [-0.4, -0.2) is 11.0 Å². The van der Waals surface area contributed by atoms with Crippen molar-refractivity contribution in [3.63, 3.8) is 0 Å². The van der Waals surface area contributed by atoms with Gasteiger partial charge in [-0.25, -0.2) is 4.98 Å². The first kappa shape index (κ1) is 9.00. The Morgan fingerprint density at radius 1 is 1.62 bits per heavy atom. The fourth-order valence-electron chi connectivity index (χ4n) is 1.38. The van der Waals surface area contributed by atoms with Crippen LogP contribution >= 0.6 is 15.9 Å². The second-order valence-corrected chi connectivity index (χ2v) is 5.16. The van der Waals surface area contributed by atoms with E-state index in [1.165, 1.54) is 6.42 Å². The Hall–Kier alpha value is -0.570. The summed E-state index contributed by atoms with van der Waals surface area (Å²) < 4.78 is 1.07. The molecule has 2 nitrogen and oxygen atoms in total. The number of hydrogen-bond acceptors (Lipinski definition) is 2. The van der Waals surface area contributed by atoms with E-state index in [0.29, 0.717) is 11.5 Å². The molecule has 1 unspecified atom stereocenters. The molecule has 1 aliphatic rings. The Labute approximate surface area is 86.9 Å². The van der Waals surface area contributed by atoms with Crippen LogP contribution in [0.4, 0.5) is 5.82 Å². The summed E-state index contributed by atoms with van der Waals surface area (Å²) in [6.07, 6.45) is 3.04. The second kappa shape index (κ2) is 2.98. The van der Waals surface area contributed by atoms with Gasteiger partial charge in [-0.05, 0) is 24.0 Å². The largest absolute Gasteiger partial charge is 0.367 e. The highest BCUT2D eigenvalue weighted by Crippen LogP contribution is 2.46. The summed E-state index contributed by atoms with van der Waals surface area (Å²) in [5.41, 5.74) is 0.448. The van der Waals surface area contributed by atoms with E-state index in [9.17, 15) is 0 Å². The first-order valence-electron chi connectivity index (χ1n) is 4.46. The zero-order valence-electron chi connectivity index (χ0n) is 7.84. The van der Waals surface area contributed by atoms with Crippen molar-refractivity contribution >= 4 is 21.7 Å². The highest BCUT2D eigenvalue weighted by molar-refractivity contribution is 9.10. The van der Waals surface area contributed by atoms with E-state index in [2.05, 4.69) is 40.1 Å². The maximum atomic E-state index is 4.24. The Morgan fingerprint density at radius 2 is 2.31 bits per heavy atom. The van der Waals surface area contributed by atoms with Crippen LogP contribution in [0.1, 0.15) is 20.3 Å². The lowest BCUT2D eigenvalue weighted by Gasteiger charge is -2.06. The minimum Gasteiger partial charge on any atom is -0.367 e. The van der Waals surface area contributed by atoms with E-state index in [1.807, 2.05) is 18.3 Å². The molecule has 1 saturated carbocycles. The maximum Gasteiger partial charge on any atom is 0.127 e. The molecule has 0 aromatic carbocycles. The third kappa shape index (κ3) is 2.02. The number of hydrogen-bond donors (Lipinski definition) is 1. The fourth-order valence-corrected chi connectivity index (χ4v) is 1.71. The highest BCUT2D eigenvalue weighted by atomic mass is 79.9. The molecule has 0 amide bonds. The number of rotatable bonds is 2. The molecule has 3 heteroatoms. The Bertz CT molecular complexity index is 322. The van der Waals surface area contributed by atoms with Gasteiger partial charge >= 0.3 is 0 Å². The van der Waals surface area contributed by atoms with Crippen LogP contribution in [0, 0.1) is 5.41 Å². The number of halogens is 1. The van der Waals surface area contributed by atoms with Gasteiger partial charge in [-0.3, -0.25) is 0 Å². The lowest BCUT2D eigenvalue weighted by atomic mass is 10.2. The Morgan fingerprint density at radius 3 is 2.85 bits per heavy atom. The van der Waals surface area contributed by atoms with Crippen molar-refractivity contribution in [1.82, 2.24) is 4.98 Å². The van der Waals surface area contributed by atoms with E-state index in [4.69, 9.17) is 0 Å². The number of anilines is 1. The van der Waals surface area contributed by atoms with Gasteiger partial charge in [-0.15, -0.1) is 0 Å². The smallest absolute Gasteiger partial charge is 0.127 e. The monoisotopic (exact) mass is 240 g/mol. The predicted molar refractivity (Wildman–Crippen MR) is 57.7 cm³/mol. The van der Waals surface area contributed by atoms with Gasteiger partial charge in [0.05, 0.1) is 0 Å². The highest BCUT2D eigenvalue weighted by Gasteiger charge is 2.45. The van der Waals surface area contributed by atoms with Crippen LogP contribution in [0.2, 0.25) is 0 Å². The van der Waals surface area contributed by atoms with Crippen molar-refractivity contribution in [3.8, 4) is 0 Å². The van der Waals surface area contributed by atoms with E-state index >= 15 is 0 Å². The molecule has 2 rings (SSSR count). The van der Waals surface area contributed by atoms with E-state index in [1.54, 1.807) is 0 Å². The van der Waals surface area contributed by atoms with Gasteiger partial charge in [0, 0.05) is 16.7 Å². The average Bonchev–Trinajstić information content (AvgIpc) is 2.58. The van der Waals surface area contributed by atoms with Crippen LogP contribution in [0.3, 0.4) is 0 Å². The van der Waals surface area contributed by atoms with Crippen LogP contribution in [0.5, 0.6) is 0 Å². The molecule has 0 saturated heterocycles. The summed E-state index contributed by atoms with van der Waals surface area (Å²) in [7, 11) is 0. The van der Waals surface area contributed by atoms with Crippen LogP contribution < -0.4 is 5.32 Å². The van der Waals surface area contributed by atoms with E-state index in [0.717, 1.165) is 10.3 Å². The first-order valence-corrected chi connectivity index (χ1v) is 5.25. The molecule has 1 aromatic heterocycles. The second-order valence-electron chi connectivity index (χ2n) is 4.25. The first-order chi connectivity index (χ1) is 6.08. The molecule has 1 aliphatic carbocycles. The van der Waals surface area contributed by atoms with Gasteiger partial charge in [-0.2, -0.15) is 0 Å². The normalized spacial score (nSPS) is 24.1. The lowest BCUT2D eigenvalue weighted by Crippen LogP contribution is -2.09. The van der Waals surface area contributed by atoms with Crippen molar-refractivity contribution < 1.29 is 0 Å². The van der Waals surface area contributed by atoms with Crippen molar-refractivity contribution in [2.75, 3.05) is 5.32 Å². The maximum absolute atomic E-state index is 4.24. The molecular weight excluding hydrogens is 228 g/mol. The van der Waals surface area contributed by atoms with Crippen molar-refractivity contribution in [2.45, 2.75) is 26.3 Å². The molecule has 0 radical (unpaired) electrons. The molecule has 0 aliphatic heterocycles. The molecule has 1 aromatic rings. The average molecular weight is 241 g/mol. The number of pyridine rings is 1. The number of aromatic nitrogens is 1. The van der Waals surface area contributed by atoms with Gasteiger partial charge < -0.3 is 5.32 Å². The molecule has 0 spiro atoms. The van der Waals surface area contributed by atoms with Gasteiger partial charge in [0.1, 0.15) is 5.82 Å². The van der Waals surface area contributed by atoms with Crippen molar-refractivity contribution in [3.05, 3.63) is 22.8 Å². The topological polar surface area (TPSA) is 24.9 Å². The summed E-state index contributed by atoms with van der Waals surface area (Å²) in [5, 5.41) is 3.41. The van der Waals surface area contributed by atoms with Gasteiger partial charge in [0.2, 0.25) is 0 Å². The molecule has 1 N–H and O–H groups in total. The third-order valence-corrected chi connectivity index (χ3v) is 3.05. The molecular formula is C10H13BrN2. The number of nitrogens with one attached hydrogen (secondary N) is 1. The van der Waals surface area contributed by atoms with Crippen LogP contribution in [0.25, 0.3) is 0 Å². The standard InChI is InChI=1S/C10H13BrN2/c1-10(2)6-8(10)13-9-5-7(11)3-4-12-9/h3-5,8H,6H2,1-2H3,(H,12,13). The fraction of sp³-hybridized carbons (Fsp3) is 0.500. The SMILES string of the molecule is CC1(C)CC1Nc1cc(Br)ccn1. The number of nitrogens with zero attached hydrogens (tertiary/aromatic N) is 1. The van der Waals surface area contributed by atoms with E-state index in [-0.39, 0.29) is 0 Å². The van der Waals surface area contributed by atoms with Gasteiger partial charge in [0.15, 0.2) is 0 Å². The van der Waals surface area contributed by atoms with Crippen LogP contribution in [-0.2, 0) is 0 Å². The minimum atomic E-state index is 0.448. The Kier molecular flexibility index (Phi) is 2.06. The predicted octanol–water partition coefficient (Wildman–Crippen LogP) is 3.05. The summed E-state index contributed by atoms with van der Waals surface area (Å²) in [6, 6.07) is 4.53. The minimum absolute atomic E-state index is 0.448. The molecule has 1 heterocycles. The summed E-state index contributed by atoms with van der Waals surface area (Å²) in [5.74, 6) is 0.963. The lowest BCUT2D eigenvalue weighted by molar-refractivity contribution is 0.630.